The summed E-state index contributed by atoms with van der Waals surface area (Å²) >= 11 is 1.61. The zero-order valence-corrected chi connectivity index (χ0v) is 10.3. The minimum absolute atomic E-state index is 0.120. The van der Waals surface area contributed by atoms with E-state index >= 15 is 0 Å². The zero-order valence-electron chi connectivity index (χ0n) is 8.65. The highest BCUT2D eigenvalue weighted by atomic mass is 32.3. The van der Waals surface area contributed by atoms with Crippen LogP contribution in [0, 0.1) is 11.8 Å². The summed E-state index contributed by atoms with van der Waals surface area (Å²) in [7, 11) is -2.86. The predicted molar refractivity (Wildman–Crippen MR) is 58.6 cm³/mol. The van der Waals surface area contributed by atoms with Crippen molar-refractivity contribution in [2.75, 3.05) is 5.75 Å². The van der Waals surface area contributed by atoms with Crippen molar-refractivity contribution in [3.05, 3.63) is 0 Å². The zero-order chi connectivity index (χ0) is 10.2. The summed E-state index contributed by atoms with van der Waals surface area (Å²) in [6.07, 6.45) is 0. The van der Waals surface area contributed by atoms with Crippen LogP contribution in [0.5, 0.6) is 0 Å². The highest BCUT2D eigenvalue weighted by molar-refractivity contribution is 8.16. The molecule has 0 spiro atoms. The molecule has 1 saturated heterocycles. The molecule has 0 aliphatic carbocycles. The van der Waals surface area contributed by atoms with Gasteiger partial charge in [0.2, 0.25) is 0 Å². The number of sulfone groups is 1. The van der Waals surface area contributed by atoms with Crippen molar-refractivity contribution in [1.29, 1.82) is 0 Å². The molecule has 0 aromatic carbocycles. The van der Waals surface area contributed by atoms with Gasteiger partial charge in [0.15, 0.2) is 9.84 Å². The molecular weight excluding hydrogens is 204 g/mol. The third-order valence-electron chi connectivity index (χ3n) is 2.46. The van der Waals surface area contributed by atoms with Crippen LogP contribution in [0.25, 0.3) is 0 Å². The molecule has 13 heavy (non-hydrogen) atoms. The Hall–Kier alpha value is 0.300. The van der Waals surface area contributed by atoms with E-state index in [1.54, 1.807) is 11.8 Å². The number of thioether (sulfide) groups is 1. The lowest BCUT2D eigenvalue weighted by molar-refractivity contribution is 0.541. The fraction of sp³-hybridized carbons (Fsp3) is 1.00. The molecule has 0 saturated carbocycles. The van der Waals surface area contributed by atoms with Gasteiger partial charge in [0.25, 0.3) is 0 Å². The van der Waals surface area contributed by atoms with Gasteiger partial charge in [-0.1, -0.05) is 27.7 Å². The summed E-state index contributed by atoms with van der Waals surface area (Å²) in [4.78, 5) is 0. The van der Waals surface area contributed by atoms with Crippen LogP contribution < -0.4 is 0 Å². The molecule has 1 aliphatic rings. The maximum Gasteiger partial charge on any atom is 0.166 e. The molecule has 0 amide bonds. The molecule has 2 atom stereocenters. The summed E-state index contributed by atoms with van der Waals surface area (Å²) in [6.45, 7) is 7.95. The first-order chi connectivity index (χ1) is 5.87. The summed E-state index contributed by atoms with van der Waals surface area (Å²) in [5.41, 5.74) is 0. The maximum absolute atomic E-state index is 12.0. The van der Waals surface area contributed by atoms with Gasteiger partial charge in [0, 0.05) is 5.75 Å². The Bertz CT molecular complexity index is 245. The van der Waals surface area contributed by atoms with Crippen molar-refractivity contribution < 1.29 is 8.42 Å². The summed E-state index contributed by atoms with van der Waals surface area (Å²) < 4.78 is 23.7. The molecule has 4 heteroatoms. The molecule has 0 aromatic rings. The van der Waals surface area contributed by atoms with Crippen LogP contribution in [0.15, 0.2) is 0 Å². The number of hydrogen-bond acceptors (Lipinski definition) is 3. The van der Waals surface area contributed by atoms with Crippen molar-refractivity contribution in [2.45, 2.75) is 37.5 Å². The van der Waals surface area contributed by atoms with Gasteiger partial charge in [-0.15, -0.1) is 11.8 Å². The summed E-state index contributed by atoms with van der Waals surface area (Å²) in [6, 6.07) is 0. The number of rotatable bonds is 2. The van der Waals surface area contributed by atoms with E-state index in [4.69, 9.17) is 0 Å². The molecule has 2 unspecified atom stereocenters. The van der Waals surface area contributed by atoms with E-state index in [-0.39, 0.29) is 21.7 Å². The topological polar surface area (TPSA) is 34.1 Å². The van der Waals surface area contributed by atoms with Crippen LogP contribution in [-0.2, 0) is 9.84 Å². The minimum Gasteiger partial charge on any atom is -0.227 e. The molecule has 1 heterocycles. The molecule has 1 fully saturated rings. The van der Waals surface area contributed by atoms with Gasteiger partial charge in [-0.2, -0.15) is 0 Å². The highest BCUT2D eigenvalue weighted by Crippen LogP contribution is 2.39. The Morgan fingerprint density at radius 3 is 1.92 bits per heavy atom. The smallest absolute Gasteiger partial charge is 0.166 e. The van der Waals surface area contributed by atoms with Gasteiger partial charge in [-0.3, -0.25) is 0 Å². The fourth-order valence-electron chi connectivity index (χ4n) is 1.70. The van der Waals surface area contributed by atoms with Crippen molar-refractivity contribution >= 4 is 21.6 Å². The molecule has 0 radical (unpaired) electrons. The molecule has 1 aliphatic heterocycles. The second kappa shape index (κ2) is 3.81. The van der Waals surface area contributed by atoms with Gasteiger partial charge >= 0.3 is 0 Å². The van der Waals surface area contributed by atoms with Gasteiger partial charge in [-0.05, 0) is 11.8 Å². The van der Waals surface area contributed by atoms with E-state index in [9.17, 15) is 8.42 Å². The molecule has 0 bridgehead atoms. The first-order valence-corrected chi connectivity index (χ1v) is 7.37. The van der Waals surface area contributed by atoms with Crippen molar-refractivity contribution in [1.82, 2.24) is 0 Å². The SMILES string of the molecule is CC(C)C1CSC(C(C)C)S1(=O)=O. The predicted octanol–water partition coefficient (Wildman–Crippen LogP) is 2.15. The molecule has 78 valence electrons. The first-order valence-electron chi connectivity index (χ1n) is 4.71. The maximum atomic E-state index is 12.0. The Kier molecular flexibility index (Phi) is 3.33. The largest absolute Gasteiger partial charge is 0.227 e. The molecule has 0 N–H and O–H groups in total. The average Bonchev–Trinajstić information content (AvgIpc) is 2.24. The van der Waals surface area contributed by atoms with Crippen molar-refractivity contribution in [3.63, 3.8) is 0 Å². The minimum atomic E-state index is -2.86. The van der Waals surface area contributed by atoms with Gasteiger partial charge in [0.1, 0.15) is 4.58 Å². The normalized spacial score (nSPS) is 33.1. The van der Waals surface area contributed by atoms with E-state index in [2.05, 4.69) is 0 Å². The Labute approximate surface area is 85.4 Å². The monoisotopic (exact) mass is 222 g/mol. The van der Waals surface area contributed by atoms with Gasteiger partial charge in [-0.25, -0.2) is 8.42 Å². The lowest BCUT2D eigenvalue weighted by Crippen LogP contribution is -2.30. The standard InChI is InChI=1S/C9H18O2S2/c1-6(2)8-5-12-9(7(3)4)13(8,10)11/h6-9H,5H2,1-4H3. The lowest BCUT2D eigenvalue weighted by Gasteiger charge is -2.17. The van der Waals surface area contributed by atoms with E-state index in [0.717, 1.165) is 5.75 Å². The third-order valence-corrected chi connectivity index (χ3v) is 8.05. The van der Waals surface area contributed by atoms with Crippen LogP contribution in [0.4, 0.5) is 0 Å². The number of hydrogen-bond donors (Lipinski definition) is 0. The van der Waals surface area contributed by atoms with E-state index < -0.39 is 9.84 Å². The highest BCUT2D eigenvalue weighted by Gasteiger charge is 2.44. The van der Waals surface area contributed by atoms with Crippen LogP contribution >= 0.6 is 11.8 Å². The van der Waals surface area contributed by atoms with Crippen LogP contribution in [0.3, 0.4) is 0 Å². The third kappa shape index (κ3) is 2.04. The molecular formula is C9H18O2S2. The molecule has 2 nitrogen and oxygen atoms in total. The van der Waals surface area contributed by atoms with Crippen LogP contribution in [0.1, 0.15) is 27.7 Å². The van der Waals surface area contributed by atoms with Crippen LogP contribution in [0.2, 0.25) is 0 Å². The van der Waals surface area contributed by atoms with Crippen molar-refractivity contribution in [2.24, 2.45) is 11.8 Å². The van der Waals surface area contributed by atoms with Crippen LogP contribution in [-0.4, -0.2) is 24.0 Å². The summed E-state index contributed by atoms with van der Waals surface area (Å²) in [5.74, 6) is 1.27. The fourth-order valence-corrected chi connectivity index (χ4v) is 7.12. The second-order valence-electron chi connectivity index (χ2n) is 4.32. The average molecular weight is 222 g/mol. The lowest BCUT2D eigenvalue weighted by atomic mass is 10.1. The molecule has 0 aromatic heterocycles. The van der Waals surface area contributed by atoms with Crippen molar-refractivity contribution in [3.8, 4) is 0 Å². The van der Waals surface area contributed by atoms with E-state index in [0.29, 0.717) is 0 Å². The van der Waals surface area contributed by atoms with E-state index in [1.807, 2.05) is 27.7 Å². The first kappa shape index (κ1) is 11.4. The van der Waals surface area contributed by atoms with E-state index in [1.165, 1.54) is 0 Å². The van der Waals surface area contributed by atoms with Gasteiger partial charge < -0.3 is 0 Å². The molecule has 1 rings (SSSR count). The second-order valence-corrected chi connectivity index (χ2v) is 8.08. The quantitative estimate of drug-likeness (QED) is 0.718. The Morgan fingerprint density at radius 1 is 1.15 bits per heavy atom. The van der Waals surface area contributed by atoms with Gasteiger partial charge in [0.05, 0.1) is 5.25 Å². The summed E-state index contributed by atoms with van der Waals surface area (Å²) in [5, 5.41) is -0.120. The Morgan fingerprint density at radius 2 is 1.69 bits per heavy atom. The Balaban J connectivity index is 2.90.